The third kappa shape index (κ3) is 4.64. The Hall–Kier alpha value is -2.34. The van der Waals surface area contributed by atoms with E-state index in [1.807, 2.05) is 31.4 Å². The smallest absolute Gasteiger partial charge is 0.194 e. The zero-order valence-corrected chi connectivity index (χ0v) is 15.7. The number of hydrogen-bond acceptors (Lipinski definition) is 3. The molecule has 0 amide bonds. The summed E-state index contributed by atoms with van der Waals surface area (Å²) < 4.78 is 0. The summed E-state index contributed by atoms with van der Waals surface area (Å²) >= 11 is 0. The molecule has 6 nitrogen and oxygen atoms in total. The third-order valence-electron chi connectivity index (χ3n) is 4.89. The number of aliphatic hydroxyl groups is 1. The van der Waals surface area contributed by atoms with Gasteiger partial charge in [0.1, 0.15) is 5.82 Å². The highest BCUT2D eigenvalue weighted by molar-refractivity contribution is 5.79. The first-order valence-electron chi connectivity index (χ1n) is 9.44. The Morgan fingerprint density at radius 2 is 2.15 bits per heavy atom. The Morgan fingerprint density at radius 3 is 2.85 bits per heavy atom. The van der Waals surface area contributed by atoms with Crippen LogP contribution in [0.15, 0.2) is 41.5 Å². The number of aromatic amines is 1. The number of guanidine groups is 1. The third-order valence-corrected chi connectivity index (χ3v) is 4.89. The van der Waals surface area contributed by atoms with Crippen LogP contribution in [-0.4, -0.2) is 52.2 Å². The van der Waals surface area contributed by atoms with Gasteiger partial charge in [-0.15, -0.1) is 0 Å². The summed E-state index contributed by atoms with van der Waals surface area (Å²) in [4.78, 5) is 14.7. The van der Waals surface area contributed by atoms with Crippen LogP contribution in [0.5, 0.6) is 0 Å². The molecule has 1 fully saturated rings. The quantitative estimate of drug-likeness (QED) is 0.550. The molecule has 1 aromatic carbocycles. The van der Waals surface area contributed by atoms with E-state index < -0.39 is 0 Å². The molecule has 3 N–H and O–H groups in total. The Morgan fingerprint density at radius 1 is 1.35 bits per heavy atom. The van der Waals surface area contributed by atoms with Crippen LogP contribution in [0.2, 0.25) is 0 Å². The monoisotopic (exact) mass is 355 g/mol. The highest BCUT2D eigenvalue weighted by Gasteiger charge is 2.25. The van der Waals surface area contributed by atoms with E-state index in [9.17, 15) is 5.11 Å². The first-order valence-corrected chi connectivity index (χ1v) is 9.44. The Bertz CT molecular complexity index is 712. The SMILES string of the molecule is CCNC(=NCC1CCCC1O)N(C)Cc1ncc(-c2ccccc2)[nH]1. The lowest BCUT2D eigenvalue weighted by atomic mass is 10.1. The lowest BCUT2D eigenvalue weighted by Gasteiger charge is -2.22. The van der Waals surface area contributed by atoms with E-state index in [1.54, 1.807) is 0 Å². The van der Waals surface area contributed by atoms with Crippen LogP contribution in [0.4, 0.5) is 0 Å². The van der Waals surface area contributed by atoms with Crippen LogP contribution in [0.25, 0.3) is 11.3 Å². The highest BCUT2D eigenvalue weighted by Crippen LogP contribution is 2.25. The van der Waals surface area contributed by atoms with Crippen LogP contribution in [0.1, 0.15) is 32.0 Å². The van der Waals surface area contributed by atoms with Crippen LogP contribution in [0, 0.1) is 5.92 Å². The van der Waals surface area contributed by atoms with E-state index in [2.05, 4.69) is 39.2 Å². The summed E-state index contributed by atoms with van der Waals surface area (Å²) in [6, 6.07) is 10.2. The van der Waals surface area contributed by atoms with Gasteiger partial charge in [0.05, 0.1) is 24.5 Å². The summed E-state index contributed by atoms with van der Waals surface area (Å²) in [6.45, 7) is 4.19. The van der Waals surface area contributed by atoms with Gasteiger partial charge in [0.25, 0.3) is 0 Å². The van der Waals surface area contributed by atoms with E-state index in [1.165, 1.54) is 0 Å². The number of nitrogens with one attached hydrogen (secondary N) is 2. The largest absolute Gasteiger partial charge is 0.393 e. The van der Waals surface area contributed by atoms with Crippen molar-refractivity contribution in [3.63, 3.8) is 0 Å². The molecule has 3 rings (SSSR count). The standard InChI is InChI=1S/C20H29N5O/c1-3-21-20(23-12-16-10-7-11-18(16)26)25(2)14-19-22-13-17(24-19)15-8-5-4-6-9-15/h4-6,8-9,13,16,18,26H,3,7,10-12,14H2,1-2H3,(H,21,23)(H,22,24). The van der Waals surface area contributed by atoms with Crippen LogP contribution in [-0.2, 0) is 6.54 Å². The fraction of sp³-hybridized carbons (Fsp3) is 0.500. The topological polar surface area (TPSA) is 76.5 Å². The second kappa shape index (κ2) is 8.85. The molecular formula is C20H29N5O. The molecule has 2 unspecified atom stereocenters. The van der Waals surface area contributed by atoms with Crippen molar-refractivity contribution in [2.24, 2.45) is 10.9 Å². The molecule has 0 bridgehead atoms. The molecule has 6 heteroatoms. The van der Waals surface area contributed by atoms with Crippen molar-refractivity contribution in [1.82, 2.24) is 20.2 Å². The Balaban J connectivity index is 1.64. The number of benzene rings is 1. The van der Waals surface area contributed by atoms with Gasteiger partial charge in [-0.05, 0) is 25.3 Å². The van der Waals surface area contributed by atoms with Gasteiger partial charge in [-0.1, -0.05) is 36.8 Å². The molecule has 0 aliphatic heterocycles. The van der Waals surface area contributed by atoms with Crippen LogP contribution in [0.3, 0.4) is 0 Å². The number of aliphatic imine (C=N–C) groups is 1. The number of imidazole rings is 1. The normalized spacial score (nSPS) is 20.3. The number of aliphatic hydroxyl groups excluding tert-OH is 1. The van der Waals surface area contributed by atoms with E-state index in [-0.39, 0.29) is 12.0 Å². The number of H-pyrrole nitrogens is 1. The van der Waals surface area contributed by atoms with E-state index in [4.69, 9.17) is 4.99 Å². The van der Waals surface area contributed by atoms with Crippen LogP contribution < -0.4 is 5.32 Å². The molecule has 1 aliphatic carbocycles. The number of rotatable bonds is 6. The predicted octanol–water partition coefficient (Wildman–Crippen LogP) is 2.63. The molecule has 140 valence electrons. The molecule has 1 aromatic heterocycles. The van der Waals surface area contributed by atoms with Gasteiger partial charge in [-0.25, -0.2) is 4.98 Å². The predicted molar refractivity (Wildman–Crippen MR) is 105 cm³/mol. The van der Waals surface area contributed by atoms with Gasteiger partial charge in [-0.3, -0.25) is 4.99 Å². The van der Waals surface area contributed by atoms with Crippen LogP contribution >= 0.6 is 0 Å². The minimum Gasteiger partial charge on any atom is -0.393 e. The van der Waals surface area contributed by atoms with Crippen molar-refractivity contribution in [3.05, 3.63) is 42.4 Å². The summed E-state index contributed by atoms with van der Waals surface area (Å²) in [5, 5.41) is 13.3. The second-order valence-corrected chi connectivity index (χ2v) is 6.92. The molecule has 26 heavy (non-hydrogen) atoms. The lowest BCUT2D eigenvalue weighted by molar-refractivity contribution is 0.136. The van der Waals surface area contributed by atoms with Gasteiger partial charge < -0.3 is 20.3 Å². The minimum absolute atomic E-state index is 0.203. The molecule has 0 saturated heterocycles. The van der Waals surface area contributed by atoms with Gasteiger partial charge in [-0.2, -0.15) is 0 Å². The summed E-state index contributed by atoms with van der Waals surface area (Å²) in [6.07, 6.45) is 4.73. The number of nitrogens with zero attached hydrogens (tertiary/aromatic N) is 3. The first kappa shape index (κ1) is 18.5. The van der Waals surface area contributed by atoms with Crippen molar-refractivity contribution < 1.29 is 5.11 Å². The lowest BCUT2D eigenvalue weighted by Crippen LogP contribution is -2.39. The van der Waals surface area contributed by atoms with Gasteiger partial charge in [0.15, 0.2) is 5.96 Å². The molecule has 2 atom stereocenters. The fourth-order valence-electron chi connectivity index (χ4n) is 3.41. The van der Waals surface area contributed by atoms with Gasteiger partial charge >= 0.3 is 0 Å². The first-order chi connectivity index (χ1) is 12.7. The maximum Gasteiger partial charge on any atom is 0.194 e. The van der Waals surface area contributed by atoms with Crippen molar-refractivity contribution in [2.45, 2.75) is 38.8 Å². The Labute approximate surface area is 155 Å². The van der Waals surface area contributed by atoms with Crippen molar-refractivity contribution in [2.75, 3.05) is 20.1 Å². The second-order valence-electron chi connectivity index (χ2n) is 6.92. The van der Waals surface area contributed by atoms with Crippen molar-refractivity contribution in [3.8, 4) is 11.3 Å². The highest BCUT2D eigenvalue weighted by atomic mass is 16.3. The summed E-state index contributed by atoms with van der Waals surface area (Å²) in [7, 11) is 2.01. The van der Waals surface area contributed by atoms with E-state index in [0.717, 1.165) is 48.8 Å². The molecule has 0 radical (unpaired) electrons. The summed E-state index contributed by atoms with van der Waals surface area (Å²) in [5.41, 5.74) is 2.15. The maximum atomic E-state index is 10.00. The van der Waals surface area contributed by atoms with E-state index in [0.29, 0.717) is 13.1 Å². The fourth-order valence-corrected chi connectivity index (χ4v) is 3.41. The zero-order valence-electron chi connectivity index (χ0n) is 15.7. The van der Waals surface area contributed by atoms with Gasteiger partial charge in [0.2, 0.25) is 0 Å². The molecule has 1 heterocycles. The van der Waals surface area contributed by atoms with Crippen molar-refractivity contribution >= 4 is 5.96 Å². The maximum absolute atomic E-state index is 10.00. The molecule has 1 saturated carbocycles. The number of aromatic nitrogens is 2. The molecule has 0 spiro atoms. The Kier molecular flexibility index (Phi) is 6.28. The van der Waals surface area contributed by atoms with E-state index >= 15 is 0 Å². The summed E-state index contributed by atoms with van der Waals surface area (Å²) in [5.74, 6) is 2.03. The zero-order chi connectivity index (χ0) is 18.4. The average Bonchev–Trinajstić information content (AvgIpc) is 3.28. The average molecular weight is 355 g/mol. The minimum atomic E-state index is -0.203. The molecule has 1 aliphatic rings. The van der Waals surface area contributed by atoms with Gasteiger partial charge in [0, 0.05) is 26.1 Å². The molecular weight excluding hydrogens is 326 g/mol. The molecule has 2 aromatic rings. The number of hydrogen-bond donors (Lipinski definition) is 3. The van der Waals surface area contributed by atoms with Crippen molar-refractivity contribution in [1.29, 1.82) is 0 Å².